The van der Waals surface area contributed by atoms with Gasteiger partial charge in [0.25, 0.3) is 0 Å². The lowest BCUT2D eigenvalue weighted by molar-refractivity contribution is -0.121. The highest BCUT2D eigenvalue weighted by atomic mass is 32.2. The van der Waals surface area contributed by atoms with E-state index in [1.54, 1.807) is 18.5 Å². The van der Waals surface area contributed by atoms with Crippen molar-refractivity contribution in [3.8, 4) is 0 Å². The predicted octanol–water partition coefficient (Wildman–Crippen LogP) is 2.46. The van der Waals surface area contributed by atoms with Crippen molar-refractivity contribution in [3.63, 3.8) is 0 Å². The fourth-order valence-electron chi connectivity index (χ4n) is 3.41. The number of rotatable bonds is 6. The smallest absolute Gasteiger partial charge is 0.222 e. The van der Waals surface area contributed by atoms with Gasteiger partial charge in [-0.25, -0.2) is 12.7 Å². The van der Waals surface area contributed by atoms with Gasteiger partial charge in [0.15, 0.2) is 0 Å². The van der Waals surface area contributed by atoms with E-state index < -0.39 is 16.1 Å². The third-order valence-electron chi connectivity index (χ3n) is 4.84. The number of pyridine rings is 1. The molecule has 1 amide bonds. The molecular weight excluding hydrogens is 378 g/mol. The summed E-state index contributed by atoms with van der Waals surface area (Å²) in [5.41, 5.74) is 1.53. The molecular formula is C20H21N3O4S. The second-order valence-corrected chi connectivity index (χ2v) is 8.88. The average molecular weight is 399 g/mol. The van der Waals surface area contributed by atoms with E-state index in [4.69, 9.17) is 4.42 Å². The van der Waals surface area contributed by atoms with Crippen LogP contribution in [-0.2, 0) is 14.8 Å². The molecule has 3 heterocycles. The van der Waals surface area contributed by atoms with E-state index in [2.05, 4.69) is 10.3 Å². The Morgan fingerprint density at radius 2 is 2.11 bits per heavy atom. The summed E-state index contributed by atoms with van der Waals surface area (Å²) in [6.07, 6.45) is 4.06. The van der Waals surface area contributed by atoms with Crippen LogP contribution in [0.15, 0.2) is 59.3 Å². The van der Waals surface area contributed by atoms with E-state index in [1.165, 1.54) is 4.31 Å². The van der Waals surface area contributed by atoms with Gasteiger partial charge >= 0.3 is 0 Å². The van der Waals surface area contributed by atoms with Crippen LogP contribution in [0.4, 0.5) is 0 Å². The first-order valence-electron chi connectivity index (χ1n) is 9.18. The number of hydrogen-bond donors (Lipinski definition) is 1. The van der Waals surface area contributed by atoms with E-state index in [0.29, 0.717) is 18.7 Å². The van der Waals surface area contributed by atoms with Gasteiger partial charge in [0.2, 0.25) is 15.9 Å². The SMILES string of the molecule is O=C(CCN1CCCS1(=O)=O)NC(c1cccnc1)c1cc2ccccc2o1. The fourth-order valence-corrected chi connectivity index (χ4v) is 4.94. The Hall–Kier alpha value is -2.71. The molecule has 2 aromatic heterocycles. The Morgan fingerprint density at radius 3 is 2.82 bits per heavy atom. The van der Waals surface area contributed by atoms with Crippen LogP contribution in [0.25, 0.3) is 11.0 Å². The van der Waals surface area contributed by atoms with E-state index in [-0.39, 0.29) is 24.6 Å². The first-order chi connectivity index (χ1) is 13.5. The van der Waals surface area contributed by atoms with Gasteiger partial charge in [0, 0.05) is 42.9 Å². The molecule has 3 aromatic rings. The molecule has 1 fully saturated rings. The number of fused-ring (bicyclic) bond motifs is 1. The number of carbonyl (C=O) groups is 1. The number of hydrogen-bond acceptors (Lipinski definition) is 5. The topological polar surface area (TPSA) is 92.5 Å². The number of para-hydroxylation sites is 1. The third-order valence-corrected chi connectivity index (χ3v) is 6.80. The van der Waals surface area contributed by atoms with Crippen LogP contribution < -0.4 is 5.32 Å². The first-order valence-corrected chi connectivity index (χ1v) is 10.8. The summed E-state index contributed by atoms with van der Waals surface area (Å²) >= 11 is 0. The molecule has 146 valence electrons. The minimum atomic E-state index is -3.21. The molecule has 1 N–H and O–H groups in total. The van der Waals surface area contributed by atoms with E-state index >= 15 is 0 Å². The van der Waals surface area contributed by atoms with Gasteiger partial charge in [-0.15, -0.1) is 0 Å². The number of amides is 1. The van der Waals surface area contributed by atoms with Crippen LogP contribution in [0.1, 0.15) is 30.2 Å². The van der Waals surface area contributed by atoms with Crippen molar-refractivity contribution in [1.82, 2.24) is 14.6 Å². The molecule has 1 aliphatic heterocycles. The normalized spacial score (nSPS) is 17.6. The monoisotopic (exact) mass is 399 g/mol. The minimum absolute atomic E-state index is 0.0935. The lowest BCUT2D eigenvalue weighted by atomic mass is 10.1. The van der Waals surface area contributed by atoms with Crippen molar-refractivity contribution in [2.75, 3.05) is 18.8 Å². The van der Waals surface area contributed by atoms with Gasteiger partial charge < -0.3 is 9.73 Å². The number of furan rings is 1. The van der Waals surface area contributed by atoms with Gasteiger partial charge in [-0.05, 0) is 24.6 Å². The number of carbonyl (C=O) groups excluding carboxylic acids is 1. The van der Waals surface area contributed by atoms with Gasteiger partial charge in [0.1, 0.15) is 17.4 Å². The van der Waals surface area contributed by atoms with Gasteiger partial charge in [-0.3, -0.25) is 9.78 Å². The number of benzene rings is 1. The van der Waals surface area contributed by atoms with Crippen molar-refractivity contribution in [2.45, 2.75) is 18.9 Å². The zero-order chi connectivity index (χ0) is 19.6. The maximum atomic E-state index is 12.6. The predicted molar refractivity (Wildman–Crippen MR) is 105 cm³/mol. The highest BCUT2D eigenvalue weighted by Crippen LogP contribution is 2.28. The lowest BCUT2D eigenvalue weighted by Gasteiger charge is -2.18. The van der Waals surface area contributed by atoms with Gasteiger partial charge in [-0.1, -0.05) is 24.3 Å². The third kappa shape index (κ3) is 3.93. The molecule has 7 nitrogen and oxygen atoms in total. The molecule has 0 radical (unpaired) electrons. The van der Waals surface area contributed by atoms with E-state index in [1.807, 2.05) is 36.4 Å². The summed E-state index contributed by atoms with van der Waals surface area (Å²) in [5, 5.41) is 3.92. The highest BCUT2D eigenvalue weighted by Gasteiger charge is 2.29. The Bertz CT molecular complexity index is 1050. The average Bonchev–Trinajstić information content (AvgIpc) is 3.27. The minimum Gasteiger partial charge on any atom is -0.459 e. The van der Waals surface area contributed by atoms with Crippen LogP contribution in [0, 0.1) is 0 Å². The second-order valence-electron chi connectivity index (χ2n) is 6.79. The van der Waals surface area contributed by atoms with Crippen LogP contribution in [0.2, 0.25) is 0 Å². The molecule has 0 aliphatic carbocycles. The number of sulfonamides is 1. The molecule has 8 heteroatoms. The largest absolute Gasteiger partial charge is 0.459 e. The van der Waals surface area contributed by atoms with Gasteiger partial charge in [-0.2, -0.15) is 0 Å². The number of nitrogens with zero attached hydrogens (tertiary/aromatic N) is 2. The zero-order valence-corrected chi connectivity index (χ0v) is 16.1. The van der Waals surface area contributed by atoms with Crippen molar-refractivity contribution in [3.05, 3.63) is 66.2 Å². The number of aromatic nitrogens is 1. The van der Waals surface area contributed by atoms with Crippen LogP contribution in [0.5, 0.6) is 0 Å². The summed E-state index contributed by atoms with van der Waals surface area (Å²) in [4.78, 5) is 16.7. The summed E-state index contributed by atoms with van der Waals surface area (Å²) in [6.45, 7) is 0.666. The summed E-state index contributed by atoms with van der Waals surface area (Å²) in [6, 6.07) is 12.7. The molecule has 0 bridgehead atoms. The molecule has 1 unspecified atom stereocenters. The summed E-state index contributed by atoms with van der Waals surface area (Å²) < 4.78 is 31.1. The molecule has 1 saturated heterocycles. The van der Waals surface area contributed by atoms with Crippen molar-refractivity contribution in [1.29, 1.82) is 0 Å². The molecule has 4 rings (SSSR count). The van der Waals surface area contributed by atoms with Crippen LogP contribution in [-0.4, -0.2) is 42.5 Å². The molecule has 28 heavy (non-hydrogen) atoms. The Kier molecular flexibility index (Phi) is 5.15. The Balaban J connectivity index is 1.53. The quantitative estimate of drug-likeness (QED) is 0.687. The van der Waals surface area contributed by atoms with Crippen molar-refractivity contribution < 1.29 is 17.6 Å². The molecule has 1 aliphatic rings. The maximum absolute atomic E-state index is 12.6. The molecule has 0 saturated carbocycles. The molecule has 0 spiro atoms. The van der Waals surface area contributed by atoms with Crippen molar-refractivity contribution in [2.24, 2.45) is 0 Å². The highest BCUT2D eigenvalue weighted by molar-refractivity contribution is 7.89. The Morgan fingerprint density at radius 1 is 1.25 bits per heavy atom. The maximum Gasteiger partial charge on any atom is 0.222 e. The summed E-state index contributed by atoms with van der Waals surface area (Å²) in [7, 11) is -3.21. The lowest BCUT2D eigenvalue weighted by Crippen LogP contribution is -2.34. The van der Waals surface area contributed by atoms with Crippen LogP contribution >= 0.6 is 0 Å². The molecule has 1 atom stereocenters. The number of nitrogens with one attached hydrogen (secondary N) is 1. The molecule has 1 aromatic carbocycles. The van der Waals surface area contributed by atoms with Crippen LogP contribution in [0.3, 0.4) is 0 Å². The first kappa shape index (κ1) is 18.6. The standard InChI is InChI=1S/C20H21N3O4S/c24-19(8-11-23-10-4-12-28(23,25)26)22-20(16-6-3-9-21-14-16)18-13-15-5-1-2-7-17(15)27-18/h1-3,5-7,9,13-14,20H,4,8,10-12H2,(H,22,24). The van der Waals surface area contributed by atoms with Crippen molar-refractivity contribution >= 4 is 26.9 Å². The van der Waals surface area contributed by atoms with Gasteiger partial charge in [0.05, 0.1) is 5.75 Å². The fraction of sp³-hybridized carbons (Fsp3) is 0.300. The van der Waals surface area contributed by atoms with E-state index in [9.17, 15) is 13.2 Å². The Labute approximate surface area is 163 Å². The second kappa shape index (κ2) is 7.73. The van der Waals surface area contributed by atoms with E-state index in [0.717, 1.165) is 16.5 Å². The summed E-state index contributed by atoms with van der Waals surface area (Å²) in [5.74, 6) is 0.527. The zero-order valence-electron chi connectivity index (χ0n) is 15.2.